The molecule has 1 aliphatic carbocycles. The second-order valence-corrected chi connectivity index (χ2v) is 9.22. The van der Waals surface area contributed by atoms with Crippen molar-refractivity contribution in [1.29, 1.82) is 0 Å². The number of rotatable bonds is 4. The summed E-state index contributed by atoms with van der Waals surface area (Å²) in [5, 5.41) is 9.09. The van der Waals surface area contributed by atoms with Crippen molar-refractivity contribution in [2.24, 2.45) is 11.8 Å². The number of aliphatic carboxylic acids is 1. The molecule has 1 heterocycles. The van der Waals surface area contributed by atoms with Crippen molar-refractivity contribution in [3.63, 3.8) is 0 Å². The molecule has 0 aromatic heterocycles. The van der Waals surface area contributed by atoms with Crippen LogP contribution in [0.4, 0.5) is 0 Å². The van der Waals surface area contributed by atoms with E-state index in [9.17, 15) is 18.0 Å². The lowest BCUT2D eigenvalue weighted by Gasteiger charge is -2.30. The van der Waals surface area contributed by atoms with Crippen molar-refractivity contribution in [2.75, 3.05) is 26.2 Å². The van der Waals surface area contributed by atoms with Gasteiger partial charge in [-0.2, -0.15) is 4.31 Å². The number of sulfonamides is 1. The molecule has 2 aliphatic rings. The van der Waals surface area contributed by atoms with Crippen molar-refractivity contribution < 1.29 is 23.1 Å². The Morgan fingerprint density at radius 2 is 1.52 bits per heavy atom. The van der Waals surface area contributed by atoms with Gasteiger partial charge in [-0.05, 0) is 44.2 Å². The lowest BCUT2D eigenvalue weighted by molar-refractivity contribution is -0.145. The molecule has 8 heteroatoms. The Balaban J connectivity index is 1.60. The van der Waals surface area contributed by atoms with E-state index >= 15 is 0 Å². The van der Waals surface area contributed by atoms with Gasteiger partial charge in [-0.25, -0.2) is 8.42 Å². The summed E-state index contributed by atoms with van der Waals surface area (Å²) in [5.74, 6) is -1.22. The molecule has 0 bridgehead atoms. The summed E-state index contributed by atoms with van der Waals surface area (Å²) >= 11 is 0. The predicted molar refractivity (Wildman–Crippen MR) is 99.5 cm³/mol. The molecule has 0 unspecified atom stereocenters. The van der Waals surface area contributed by atoms with Gasteiger partial charge in [-0.1, -0.05) is 18.2 Å². The average molecular weight is 394 g/mol. The second kappa shape index (κ2) is 8.39. The first-order valence-electron chi connectivity index (χ1n) is 9.46. The summed E-state index contributed by atoms with van der Waals surface area (Å²) in [6, 6.07) is 8.36. The van der Waals surface area contributed by atoms with Crippen LogP contribution in [0.1, 0.15) is 32.1 Å². The average Bonchev–Trinajstić information content (AvgIpc) is 2.95. The van der Waals surface area contributed by atoms with Crippen molar-refractivity contribution in [2.45, 2.75) is 37.0 Å². The van der Waals surface area contributed by atoms with Crippen molar-refractivity contribution in [1.82, 2.24) is 9.21 Å². The summed E-state index contributed by atoms with van der Waals surface area (Å²) in [4.78, 5) is 25.9. The highest BCUT2D eigenvalue weighted by Gasteiger charge is 2.34. The van der Waals surface area contributed by atoms with E-state index in [2.05, 4.69) is 0 Å². The molecule has 3 rings (SSSR count). The molecule has 2 fully saturated rings. The smallest absolute Gasteiger partial charge is 0.306 e. The molecule has 0 spiro atoms. The number of hydrogen-bond acceptors (Lipinski definition) is 4. The van der Waals surface area contributed by atoms with Gasteiger partial charge < -0.3 is 10.0 Å². The first-order valence-corrected chi connectivity index (χ1v) is 10.9. The highest BCUT2D eigenvalue weighted by atomic mass is 32.2. The summed E-state index contributed by atoms with van der Waals surface area (Å²) in [6.45, 7) is 1.60. The Kier molecular flexibility index (Phi) is 6.16. The summed E-state index contributed by atoms with van der Waals surface area (Å²) < 4.78 is 27.0. The van der Waals surface area contributed by atoms with Gasteiger partial charge in [0.25, 0.3) is 0 Å². The lowest BCUT2D eigenvalue weighted by atomic mass is 9.81. The Bertz CT molecular complexity index is 773. The fraction of sp³-hybridized carbons (Fsp3) is 0.579. The van der Waals surface area contributed by atoms with Gasteiger partial charge >= 0.3 is 5.97 Å². The van der Waals surface area contributed by atoms with E-state index in [0.717, 1.165) is 0 Å². The van der Waals surface area contributed by atoms with Gasteiger partial charge in [0.15, 0.2) is 0 Å². The molecule has 1 aliphatic heterocycles. The van der Waals surface area contributed by atoms with Crippen LogP contribution in [-0.2, 0) is 19.6 Å². The quantitative estimate of drug-likeness (QED) is 0.840. The molecular weight excluding hydrogens is 368 g/mol. The maximum atomic E-state index is 12.8. The van der Waals surface area contributed by atoms with E-state index in [1.807, 2.05) is 0 Å². The standard InChI is InChI=1S/C19H26N2O5S/c22-18(15-7-9-16(10-8-15)19(23)24)20-11-4-12-21(14-13-20)27(25,26)17-5-2-1-3-6-17/h1-3,5-6,15-16H,4,7-14H2,(H,23,24). The summed E-state index contributed by atoms with van der Waals surface area (Å²) in [6.07, 6.45) is 2.86. The molecule has 1 saturated carbocycles. The monoisotopic (exact) mass is 394 g/mol. The SMILES string of the molecule is O=C(O)C1CCC(C(=O)N2CCCN(S(=O)(=O)c3ccccc3)CC2)CC1. The van der Waals surface area contributed by atoms with E-state index in [1.165, 1.54) is 4.31 Å². The third kappa shape index (κ3) is 4.50. The Hall–Kier alpha value is -1.93. The van der Waals surface area contributed by atoms with E-state index in [-0.39, 0.29) is 29.2 Å². The molecule has 148 valence electrons. The molecular formula is C19H26N2O5S. The second-order valence-electron chi connectivity index (χ2n) is 7.28. The fourth-order valence-corrected chi connectivity index (χ4v) is 5.43. The Morgan fingerprint density at radius 1 is 0.889 bits per heavy atom. The van der Waals surface area contributed by atoms with E-state index < -0.39 is 16.0 Å². The number of carboxylic acids is 1. The minimum absolute atomic E-state index is 0.0396. The minimum atomic E-state index is -3.55. The van der Waals surface area contributed by atoms with Gasteiger partial charge in [0, 0.05) is 32.1 Å². The molecule has 27 heavy (non-hydrogen) atoms. The van der Waals surface area contributed by atoms with Gasteiger partial charge in [-0.15, -0.1) is 0 Å². The number of hydrogen-bond donors (Lipinski definition) is 1. The molecule has 0 atom stereocenters. The van der Waals surface area contributed by atoms with Crippen LogP contribution in [-0.4, -0.2) is 60.8 Å². The topological polar surface area (TPSA) is 95.0 Å². The fourth-order valence-electron chi connectivity index (χ4n) is 3.94. The predicted octanol–water partition coefficient (Wildman–Crippen LogP) is 1.80. The minimum Gasteiger partial charge on any atom is -0.481 e. The zero-order valence-corrected chi connectivity index (χ0v) is 16.1. The zero-order valence-electron chi connectivity index (χ0n) is 15.3. The van der Waals surface area contributed by atoms with Gasteiger partial charge in [0.1, 0.15) is 0 Å². The molecule has 1 aromatic rings. The highest BCUT2D eigenvalue weighted by Crippen LogP contribution is 2.30. The Labute approximate surface area is 160 Å². The number of carboxylic acid groups (broad SMARTS) is 1. The normalized spacial score (nSPS) is 25.0. The van der Waals surface area contributed by atoms with Crippen LogP contribution in [0.2, 0.25) is 0 Å². The highest BCUT2D eigenvalue weighted by molar-refractivity contribution is 7.89. The molecule has 7 nitrogen and oxygen atoms in total. The van der Waals surface area contributed by atoms with Gasteiger partial charge in [0.2, 0.25) is 15.9 Å². The van der Waals surface area contributed by atoms with Crippen LogP contribution in [0, 0.1) is 11.8 Å². The number of amides is 1. The molecule has 1 N–H and O–H groups in total. The first-order chi connectivity index (χ1) is 12.9. The van der Waals surface area contributed by atoms with Crippen LogP contribution >= 0.6 is 0 Å². The van der Waals surface area contributed by atoms with Gasteiger partial charge in [0.05, 0.1) is 10.8 Å². The number of carbonyl (C=O) groups excluding carboxylic acids is 1. The maximum Gasteiger partial charge on any atom is 0.306 e. The van der Waals surface area contributed by atoms with Crippen LogP contribution in [0.5, 0.6) is 0 Å². The van der Waals surface area contributed by atoms with Crippen LogP contribution in [0.25, 0.3) is 0 Å². The lowest BCUT2D eigenvalue weighted by Crippen LogP contribution is -2.41. The van der Waals surface area contributed by atoms with Crippen LogP contribution in [0.3, 0.4) is 0 Å². The third-order valence-corrected chi connectivity index (χ3v) is 7.49. The largest absolute Gasteiger partial charge is 0.481 e. The van der Waals surface area contributed by atoms with E-state index in [4.69, 9.17) is 5.11 Å². The van der Waals surface area contributed by atoms with Crippen molar-refractivity contribution in [3.05, 3.63) is 30.3 Å². The Morgan fingerprint density at radius 3 is 2.15 bits per heavy atom. The molecule has 1 amide bonds. The van der Waals surface area contributed by atoms with E-state index in [0.29, 0.717) is 51.7 Å². The maximum absolute atomic E-state index is 12.8. The molecule has 1 aromatic carbocycles. The number of carbonyl (C=O) groups is 2. The zero-order chi connectivity index (χ0) is 19.4. The third-order valence-electron chi connectivity index (χ3n) is 5.57. The van der Waals surface area contributed by atoms with Crippen molar-refractivity contribution >= 4 is 21.9 Å². The van der Waals surface area contributed by atoms with Crippen LogP contribution in [0.15, 0.2) is 35.2 Å². The number of benzene rings is 1. The van der Waals surface area contributed by atoms with Gasteiger partial charge in [-0.3, -0.25) is 9.59 Å². The van der Waals surface area contributed by atoms with Crippen LogP contribution < -0.4 is 0 Å². The molecule has 0 radical (unpaired) electrons. The van der Waals surface area contributed by atoms with Crippen molar-refractivity contribution in [3.8, 4) is 0 Å². The molecule has 1 saturated heterocycles. The summed E-state index contributed by atoms with van der Waals surface area (Å²) in [7, 11) is -3.55. The first kappa shape index (κ1) is 19.8. The van der Waals surface area contributed by atoms with E-state index in [1.54, 1.807) is 35.2 Å². The number of nitrogens with zero attached hydrogens (tertiary/aromatic N) is 2. The summed E-state index contributed by atoms with van der Waals surface area (Å²) in [5.41, 5.74) is 0.